The highest BCUT2D eigenvalue weighted by Gasteiger charge is 2.10. The maximum absolute atomic E-state index is 11.8. The standard InChI is InChI=1S/C22H25ClN2O5/c1-16-14-18(23)9-10-19(16)30-15-21(27)25-24-20(26)11-12-22(28)29-13-5-8-17-6-3-2-4-7-17/h2-4,6-7,9-10,14H,5,8,11-13,15H2,1H3,(H,24,26)(H,25,27). The van der Waals surface area contributed by atoms with Gasteiger partial charge in [-0.15, -0.1) is 0 Å². The van der Waals surface area contributed by atoms with E-state index in [1.54, 1.807) is 18.2 Å². The summed E-state index contributed by atoms with van der Waals surface area (Å²) in [4.78, 5) is 35.2. The summed E-state index contributed by atoms with van der Waals surface area (Å²) in [5, 5.41) is 0.575. The number of esters is 1. The van der Waals surface area contributed by atoms with Gasteiger partial charge in [0, 0.05) is 11.4 Å². The highest BCUT2D eigenvalue weighted by Crippen LogP contribution is 2.21. The predicted molar refractivity (Wildman–Crippen MR) is 113 cm³/mol. The first kappa shape index (κ1) is 23.2. The van der Waals surface area contributed by atoms with Crippen LogP contribution in [0.3, 0.4) is 0 Å². The molecule has 160 valence electrons. The van der Waals surface area contributed by atoms with Gasteiger partial charge in [0.15, 0.2) is 6.61 Å². The molecule has 0 bridgehead atoms. The zero-order valence-corrected chi connectivity index (χ0v) is 17.5. The van der Waals surface area contributed by atoms with Crippen LogP contribution in [0.1, 0.15) is 30.4 Å². The van der Waals surface area contributed by atoms with E-state index >= 15 is 0 Å². The molecule has 0 atom stereocenters. The lowest BCUT2D eigenvalue weighted by Gasteiger charge is -2.10. The number of hydrazine groups is 1. The minimum absolute atomic E-state index is 0.0620. The average molecular weight is 433 g/mol. The fourth-order valence-corrected chi connectivity index (χ4v) is 2.78. The van der Waals surface area contributed by atoms with Crippen LogP contribution in [0.2, 0.25) is 5.02 Å². The summed E-state index contributed by atoms with van der Waals surface area (Å²) in [6.45, 7) is 1.83. The van der Waals surface area contributed by atoms with Gasteiger partial charge in [-0.1, -0.05) is 41.9 Å². The fraction of sp³-hybridized carbons (Fsp3) is 0.318. The number of hydrogen-bond donors (Lipinski definition) is 2. The Hall–Kier alpha value is -3.06. The molecule has 0 aliphatic rings. The molecule has 2 rings (SSSR count). The Morgan fingerprint density at radius 2 is 1.70 bits per heavy atom. The van der Waals surface area contributed by atoms with Crippen LogP contribution in [-0.2, 0) is 25.5 Å². The van der Waals surface area contributed by atoms with Gasteiger partial charge in [-0.25, -0.2) is 0 Å². The summed E-state index contributed by atoms with van der Waals surface area (Å²) >= 11 is 5.86. The van der Waals surface area contributed by atoms with Crippen molar-refractivity contribution in [3.05, 3.63) is 64.7 Å². The third-order valence-corrected chi connectivity index (χ3v) is 4.34. The molecule has 0 aliphatic heterocycles. The van der Waals surface area contributed by atoms with Crippen molar-refractivity contribution in [1.82, 2.24) is 10.9 Å². The van der Waals surface area contributed by atoms with Crippen molar-refractivity contribution in [2.45, 2.75) is 32.6 Å². The summed E-state index contributed by atoms with van der Waals surface area (Å²) in [6.07, 6.45) is 1.38. The molecule has 0 saturated heterocycles. The molecule has 2 aromatic rings. The lowest BCUT2D eigenvalue weighted by molar-refractivity contribution is -0.145. The van der Waals surface area contributed by atoms with E-state index in [1.165, 1.54) is 5.56 Å². The van der Waals surface area contributed by atoms with Crippen LogP contribution in [-0.4, -0.2) is 31.0 Å². The summed E-state index contributed by atoms with van der Waals surface area (Å²) < 4.78 is 10.5. The molecular formula is C22H25ClN2O5. The molecule has 0 aliphatic carbocycles. The monoisotopic (exact) mass is 432 g/mol. The van der Waals surface area contributed by atoms with Crippen LogP contribution >= 0.6 is 11.6 Å². The number of halogens is 1. The average Bonchev–Trinajstić information content (AvgIpc) is 2.74. The number of benzene rings is 2. The molecule has 7 nitrogen and oxygen atoms in total. The first-order chi connectivity index (χ1) is 14.4. The first-order valence-corrected chi connectivity index (χ1v) is 9.98. The maximum atomic E-state index is 11.8. The largest absolute Gasteiger partial charge is 0.483 e. The van der Waals surface area contributed by atoms with E-state index in [1.807, 2.05) is 37.3 Å². The number of nitrogens with one attached hydrogen (secondary N) is 2. The van der Waals surface area contributed by atoms with Crippen LogP contribution in [0.4, 0.5) is 0 Å². The minimum atomic E-state index is -0.527. The Kier molecular flexibility index (Phi) is 9.67. The van der Waals surface area contributed by atoms with Gasteiger partial charge >= 0.3 is 5.97 Å². The molecule has 0 saturated carbocycles. The van der Waals surface area contributed by atoms with E-state index in [-0.39, 0.29) is 19.4 Å². The lowest BCUT2D eigenvalue weighted by Crippen LogP contribution is -2.43. The topological polar surface area (TPSA) is 93.7 Å². The second kappa shape index (κ2) is 12.5. The number of carbonyl (C=O) groups excluding carboxylic acids is 3. The van der Waals surface area contributed by atoms with Crippen LogP contribution in [0.5, 0.6) is 5.75 Å². The Morgan fingerprint density at radius 1 is 0.967 bits per heavy atom. The van der Waals surface area contributed by atoms with Gasteiger partial charge in [-0.3, -0.25) is 25.2 Å². The van der Waals surface area contributed by atoms with Crippen LogP contribution < -0.4 is 15.6 Å². The van der Waals surface area contributed by atoms with Gasteiger partial charge < -0.3 is 9.47 Å². The number of ether oxygens (including phenoxy) is 2. The van der Waals surface area contributed by atoms with Crippen molar-refractivity contribution < 1.29 is 23.9 Å². The Bertz CT molecular complexity index is 858. The molecular weight excluding hydrogens is 408 g/mol. The third-order valence-electron chi connectivity index (χ3n) is 4.11. The number of amides is 2. The lowest BCUT2D eigenvalue weighted by atomic mass is 10.1. The normalized spacial score (nSPS) is 10.2. The molecule has 2 N–H and O–H groups in total. The molecule has 8 heteroatoms. The molecule has 0 unspecified atom stereocenters. The summed E-state index contributed by atoms with van der Waals surface area (Å²) in [5.74, 6) is -0.949. The van der Waals surface area contributed by atoms with Crippen LogP contribution in [0, 0.1) is 6.92 Å². The van der Waals surface area contributed by atoms with Gasteiger partial charge in [0.05, 0.1) is 13.0 Å². The van der Waals surface area contributed by atoms with Crippen molar-refractivity contribution in [1.29, 1.82) is 0 Å². The van der Waals surface area contributed by atoms with E-state index in [0.29, 0.717) is 23.8 Å². The van der Waals surface area contributed by atoms with Gasteiger partial charge in [0.2, 0.25) is 5.91 Å². The van der Waals surface area contributed by atoms with E-state index in [9.17, 15) is 14.4 Å². The zero-order valence-electron chi connectivity index (χ0n) is 16.8. The van der Waals surface area contributed by atoms with E-state index in [0.717, 1.165) is 12.0 Å². The fourth-order valence-electron chi connectivity index (χ4n) is 2.55. The van der Waals surface area contributed by atoms with Crippen LogP contribution in [0.25, 0.3) is 0 Å². The number of rotatable bonds is 10. The molecule has 2 aromatic carbocycles. The Morgan fingerprint density at radius 3 is 2.43 bits per heavy atom. The summed E-state index contributed by atoms with van der Waals surface area (Å²) in [6, 6.07) is 14.9. The van der Waals surface area contributed by atoms with Crippen LogP contribution in [0.15, 0.2) is 48.5 Å². The van der Waals surface area contributed by atoms with Gasteiger partial charge in [-0.2, -0.15) is 0 Å². The van der Waals surface area contributed by atoms with Gasteiger partial charge in [0.25, 0.3) is 5.91 Å². The molecule has 30 heavy (non-hydrogen) atoms. The van der Waals surface area contributed by atoms with Gasteiger partial charge in [-0.05, 0) is 49.1 Å². The molecule has 0 aromatic heterocycles. The summed E-state index contributed by atoms with van der Waals surface area (Å²) in [5.41, 5.74) is 6.45. The van der Waals surface area contributed by atoms with E-state index in [4.69, 9.17) is 21.1 Å². The highest BCUT2D eigenvalue weighted by atomic mass is 35.5. The van der Waals surface area contributed by atoms with E-state index < -0.39 is 17.8 Å². The van der Waals surface area contributed by atoms with Crippen molar-refractivity contribution in [3.8, 4) is 5.75 Å². The quantitative estimate of drug-likeness (QED) is 0.342. The number of hydrogen-bond acceptors (Lipinski definition) is 5. The van der Waals surface area contributed by atoms with Crippen molar-refractivity contribution in [2.75, 3.05) is 13.2 Å². The van der Waals surface area contributed by atoms with Crippen molar-refractivity contribution in [2.24, 2.45) is 0 Å². The number of aryl methyl sites for hydroxylation is 2. The molecule has 0 radical (unpaired) electrons. The first-order valence-electron chi connectivity index (χ1n) is 9.60. The van der Waals surface area contributed by atoms with Gasteiger partial charge in [0.1, 0.15) is 5.75 Å². The molecule has 0 spiro atoms. The smallest absolute Gasteiger partial charge is 0.306 e. The maximum Gasteiger partial charge on any atom is 0.306 e. The van der Waals surface area contributed by atoms with E-state index in [2.05, 4.69) is 10.9 Å². The Balaban J connectivity index is 1.54. The number of carbonyl (C=O) groups is 3. The molecule has 2 amide bonds. The highest BCUT2D eigenvalue weighted by molar-refractivity contribution is 6.30. The van der Waals surface area contributed by atoms with Crippen molar-refractivity contribution in [3.63, 3.8) is 0 Å². The second-order valence-electron chi connectivity index (χ2n) is 6.60. The summed E-state index contributed by atoms with van der Waals surface area (Å²) in [7, 11) is 0. The minimum Gasteiger partial charge on any atom is -0.483 e. The SMILES string of the molecule is Cc1cc(Cl)ccc1OCC(=O)NNC(=O)CCC(=O)OCCCc1ccccc1. The second-order valence-corrected chi connectivity index (χ2v) is 7.04. The third kappa shape index (κ3) is 8.96. The zero-order chi connectivity index (χ0) is 21.8. The molecule has 0 fully saturated rings. The Labute approximate surface area is 180 Å². The molecule has 0 heterocycles. The van der Waals surface area contributed by atoms with Crippen molar-refractivity contribution >= 4 is 29.4 Å². The predicted octanol–water partition coefficient (Wildman–Crippen LogP) is 3.13.